The fourth-order valence-corrected chi connectivity index (χ4v) is 4.49. The number of benzene rings is 1. The van der Waals surface area contributed by atoms with E-state index in [9.17, 15) is 4.79 Å². The van der Waals surface area contributed by atoms with Crippen molar-refractivity contribution in [2.24, 2.45) is 0 Å². The van der Waals surface area contributed by atoms with Crippen molar-refractivity contribution in [2.75, 3.05) is 58.0 Å². The maximum Gasteiger partial charge on any atom is 0.248 e. The van der Waals surface area contributed by atoms with Crippen molar-refractivity contribution in [2.45, 2.75) is 18.9 Å². The van der Waals surface area contributed by atoms with Crippen LogP contribution in [0.5, 0.6) is 0 Å². The number of hydrogen-bond acceptors (Lipinski definition) is 7. The third-order valence-corrected chi connectivity index (χ3v) is 6.21. The second kappa shape index (κ2) is 9.22. The third kappa shape index (κ3) is 4.05. The van der Waals surface area contributed by atoms with Crippen LogP contribution in [-0.2, 0) is 14.3 Å². The molecule has 9 nitrogen and oxygen atoms in total. The van der Waals surface area contributed by atoms with Gasteiger partial charge in [-0.25, -0.2) is 14.6 Å². The summed E-state index contributed by atoms with van der Waals surface area (Å²) < 4.78 is 12.6. The van der Waals surface area contributed by atoms with E-state index in [1.165, 1.54) is 0 Å². The van der Waals surface area contributed by atoms with Crippen LogP contribution in [0.3, 0.4) is 0 Å². The summed E-state index contributed by atoms with van der Waals surface area (Å²) in [5.74, 6) is 1.66. The van der Waals surface area contributed by atoms with Crippen molar-refractivity contribution in [3.63, 3.8) is 0 Å². The van der Waals surface area contributed by atoms with E-state index < -0.39 is 0 Å². The van der Waals surface area contributed by atoms with Gasteiger partial charge in [0.1, 0.15) is 12.4 Å². The van der Waals surface area contributed by atoms with Crippen LogP contribution >= 0.6 is 0 Å². The van der Waals surface area contributed by atoms with E-state index >= 15 is 0 Å². The summed E-state index contributed by atoms with van der Waals surface area (Å²) >= 11 is 0. The van der Waals surface area contributed by atoms with Gasteiger partial charge >= 0.3 is 0 Å². The lowest BCUT2D eigenvalue weighted by atomic mass is 10.1. The molecule has 9 heteroatoms. The summed E-state index contributed by atoms with van der Waals surface area (Å²) in [5, 5.41) is 5.71. The molecule has 2 aliphatic heterocycles. The van der Waals surface area contributed by atoms with E-state index in [0.717, 1.165) is 48.3 Å². The molecule has 2 aromatic heterocycles. The van der Waals surface area contributed by atoms with Gasteiger partial charge in [-0.1, -0.05) is 30.3 Å². The lowest BCUT2D eigenvalue weighted by Gasteiger charge is -2.32. The fourth-order valence-electron chi connectivity index (χ4n) is 4.49. The maximum atomic E-state index is 12.2. The molecule has 0 N–H and O–H groups in total. The average molecular weight is 437 g/mol. The SMILES string of the molecule is COCC(=O)N1CCC(n2ncc3c(N4CCOCC4)nc(-c4ccccc4)nc32)CC1. The Morgan fingerprint density at radius 2 is 1.84 bits per heavy atom. The highest BCUT2D eigenvalue weighted by Gasteiger charge is 2.27. The zero-order valence-electron chi connectivity index (χ0n) is 18.3. The van der Waals surface area contributed by atoms with Crippen LogP contribution in [0, 0.1) is 0 Å². The number of morpholine rings is 1. The Balaban J connectivity index is 1.50. The number of amides is 1. The molecular formula is C23H28N6O3. The highest BCUT2D eigenvalue weighted by Crippen LogP contribution is 2.32. The number of likely N-dealkylation sites (tertiary alicyclic amines) is 1. The molecule has 1 aromatic carbocycles. The number of ether oxygens (including phenoxy) is 2. The molecule has 5 rings (SSSR count). The minimum atomic E-state index is 0.0413. The summed E-state index contributed by atoms with van der Waals surface area (Å²) in [7, 11) is 1.55. The van der Waals surface area contributed by atoms with Crippen LogP contribution in [-0.4, -0.2) is 83.7 Å². The van der Waals surface area contributed by atoms with Crippen LogP contribution in [0.2, 0.25) is 0 Å². The maximum absolute atomic E-state index is 12.2. The van der Waals surface area contributed by atoms with Gasteiger partial charge in [0, 0.05) is 38.9 Å². The molecule has 2 fully saturated rings. The van der Waals surface area contributed by atoms with Crippen molar-refractivity contribution >= 4 is 22.8 Å². The van der Waals surface area contributed by atoms with Gasteiger partial charge in [-0.15, -0.1) is 0 Å². The Morgan fingerprint density at radius 3 is 2.56 bits per heavy atom. The van der Waals surface area contributed by atoms with Crippen LogP contribution in [0.15, 0.2) is 36.5 Å². The quantitative estimate of drug-likeness (QED) is 0.606. The van der Waals surface area contributed by atoms with Gasteiger partial charge in [-0.3, -0.25) is 4.79 Å². The van der Waals surface area contributed by atoms with Gasteiger partial charge in [0.05, 0.1) is 30.8 Å². The Kier molecular flexibility index (Phi) is 6.00. The van der Waals surface area contributed by atoms with Gasteiger partial charge in [-0.2, -0.15) is 5.10 Å². The number of methoxy groups -OCH3 is 1. The number of aromatic nitrogens is 4. The molecule has 0 bridgehead atoms. The van der Waals surface area contributed by atoms with Crippen LogP contribution in [0.1, 0.15) is 18.9 Å². The first-order valence-electron chi connectivity index (χ1n) is 11.1. The Bertz CT molecular complexity index is 1070. The largest absolute Gasteiger partial charge is 0.378 e. The predicted molar refractivity (Wildman–Crippen MR) is 121 cm³/mol. The number of rotatable bonds is 5. The molecule has 2 aliphatic rings. The Morgan fingerprint density at radius 1 is 1.09 bits per heavy atom. The van der Waals surface area contributed by atoms with Gasteiger partial charge in [-0.05, 0) is 12.8 Å². The number of carbonyl (C=O) groups excluding carboxylic acids is 1. The predicted octanol–water partition coefficient (Wildman–Crippen LogP) is 2.14. The average Bonchev–Trinajstić information content (AvgIpc) is 3.29. The summed E-state index contributed by atoms with van der Waals surface area (Å²) in [4.78, 5) is 26.2. The standard InChI is InChI=1S/C23H28N6O3/c1-31-16-20(30)27-9-7-18(8-10-27)29-23-19(15-24-29)22(28-11-13-32-14-12-28)25-21(26-23)17-5-3-2-4-6-17/h2-6,15,18H,7-14,16H2,1H3. The number of anilines is 1. The number of carbonyl (C=O) groups is 1. The highest BCUT2D eigenvalue weighted by atomic mass is 16.5. The lowest BCUT2D eigenvalue weighted by Crippen LogP contribution is -2.41. The van der Waals surface area contributed by atoms with Crippen LogP contribution in [0.4, 0.5) is 5.82 Å². The van der Waals surface area contributed by atoms with E-state index in [4.69, 9.17) is 24.5 Å². The minimum Gasteiger partial charge on any atom is -0.378 e. The first-order valence-corrected chi connectivity index (χ1v) is 11.1. The molecule has 0 spiro atoms. The number of piperidine rings is 1. The number of fused-ring (bicyclic) bond motifs is 1. The van der Waals surface area contributed by atoms with E-state index in [1.807, 2.05) is 46.1 Å². The number of nitrogens with zero attached hydrogens (tertiary/aromatic N) is 6. The van der Waals surface area contributed by atoms with Crippen molar-refractivity contribution < 1.29 is 14.3 Å². The molecule has 32 heavy (non-hydrogen) atoms. The molecule has 0 unspecified atom stereocenters. The summed E-state index contributed by atoms with van der Waals surface area (Å²) in [6.45, 7) is 4.49. The molecule has 4 heterocycles. The lowest BCUT2D eigenvalue weighted by molar-refractivity contribution is -0.136. The highest BCUT2D eigenvalue weighted by molar-refractivity contribution is 5.89. The molecule has 1 amide bonds. The summed E-state index contributed by atoms with van der Waals surface area (Å²) in [6.07, 6.45) is 3.56. The first-order chi connectivity index (χ1) is 15.7. The fraction of sp³-hybridized carbons (Fsp3) is 0.478. The topological polar surface area (TPSA) is 85.6 Å². The number of hydrogen-bond donors (Lipinski definition) is 0. The van der Waals surface area contributed by atoms with Crippen molar-refractivity contribution in [1.29, 1.82) is 0 Å². The first kappa shape index (κ1) is 20.8. The Hall–Kier alpha value is -3.04. The van der Waals surface area contributed by atoms with E-state index in [1.54, 1.807) is 7.11 Å². The molecule has 0 aliphatic carbocycles. The van der Waals surface area contributed by atoms with Gasteiger partial charge in [0.2, 0.25) is 5.91 Å². The molecule has 3 aromatic rings. The molecule has 2 saturated heterocycles. The summed E-state index contributed by atoms with van der Waals surface area (Å²) in [6, 6.07) is 10.3. The Labute approximate surface area is 186 Å². The zero-order valence-corrected chi connectivity index (χ0v) is 18.3. The van der Waals surface area contributed by atoms with Crippen molar-refractivity contribution in [3.05, 3.63) is 36.5 Å². The molecular weight excluding hydrogens is 408 g/mol. The molecule has 0 atom stereocenters. The minimum absolute atomic E-state index is 0.0413. The zero-order chi connectivity index (χ0) is 21.9. The van der Waals surface area contributed by atoms with Gasteiger partial charge < -0.3 is 19.3 Å². The smallest absolute Gasteiger partial charge is 0.248 e. The van der Waals surface area contributed by atoms with Gasteiger partial charge in [0.15, 0.2) is 11.5 Å². The van der Waals surface area contributed by atoms with Crippen molar-refractivity contribution in [1.82, 2.24) is 24.6 Å². The van der Waals surface area contributed by atoms with Gasteiger partial charge in [0.25, 0.3) is 0 Å². The van der Waals surface area contributed by atoms with Crippen molar-refractivity contribution in [3.8, 4) is 11.4 Å². The monoisotopic (exact) mass is 436 g/mol. The van der Waals surface area contributed by atoms with Crippen LogP contribution < -0.4 is 4.90 Å². The normalized spacial score (nSPS) is 17.8. The third-order valence-electron chi connectivity index (χ3n) is 6.21. The van der Waals surface area contributed by atoms with E-state index in [-0.39, 0.29) is 18.6 Å². The summed E-state index contributed by atoms with van der Waals surface area (Å²) in [5.41, 5.74) is 1.83. The second-order valence-electron chi connectivity index (χ2n) is 8.21. The van der Waals surface area contributed by atoms with E-state index in [2.05, 4.69) is 4.90 Å². The van der Waals surface area contributed by atoms with Crippen LogP contribution in [0.25, 0.3) is 22.4 Å². The molecule has 0 radical (unpaired) electrons. The molecule has 168 valence electrons. The van der Waals surface area contributed by atoms with E-state index in [0.29, 0.717) is 32.1 Å². The second-order valence-corrected chi connectivity index (χ2v) is 8.21. The molecule has 0 saturated carbocycles.